The highest BCUT2D eigenvalue weighted by Crippen LogP contribution is 2.44. The zero-order valence-corrected chi connectivity index (χ0v) is 31.2. The van der Waals surface area contributed by atoms with Gasteiger partial charge in [0.15, 0.2) is 17.5 Å². The molecule has 0 saturated carbocycles. The molecule has 0 bridgehead atoms. The van der Waals surface area contributed by atoms with Gasteiger partial charge >= 0.3 is 0 Å². The van der Waals surface area contributed by atoms with Crippen molar-refractivity contribution in [1.29, 1.82) is 0 Å². The molecule has 0 saturated heterocycles. The summed E-state index contributed by atoms with van der Waals surface area (Å²) in [6.07, 6.45) is 0. The highest BCUT2D eigenvalue weighted by molar-refractivity contribution is 7.26. The largest absolute Gasteiger partial charge is 0.456 e. The number of furan rings is 1. The van der Waals surface area contributed by atoms with E-state index < -0.39 is 0 Å². The van der Waals surface area contributed by atoms with Crippen molar-refractivity contribution < 1.29 is 4.42 Å². The van der Waals surface area contributed by atoms with E-state index in [4.69, 9.17) is 19.4 Å². The van der Waals surface area contributed by atoms with E-state index in [0.717, 1.165) is 65.4 Å². The van der Waals surface area contributed by atoms with Crippen LogP contribution >= 0.6 is 11.3 Å². The second kappa shape index (κ2) is 12.6. The summed E-state index contributed by atoms with van der Waals surface area (Å²) < 4.78 is 11.1. The zero-order chi connectivity index (χ0) is 37.5. The van der Waals surface area contributed by atoms with Gasteiger partial charge < -0.3 is 8.98 Å². The minimum atomic E-state index is 0.596. The van der Waals surface area contributed by atoms with Crippen LogP contribution in [0.25, 0.3) is 115 Å². The Balaban J connectivity index is 1.19. The molecule has 5 nitrogen and oxygen atoms in total. The molecular formula is C51H30N4OS. The fraction of sp³-hybridized carbons (Fsp3) is 0. The Bertz CT molecular complexity index is 3470. The molecule has 0 atom stereocenters. The first kappa shape index (κ1) is 31.9. The SMILES string of the molecule is c1ccc(-c2ccc3sc4c(-c5nc(-c6ccccc6)nc(-c6cccc7oc8ccccc8c67)n5)cc(-n5c6ccccc6c6ccccc65)cc4c3c2)cc1. The van der Waals surface area contributed by atoms with Crippen LogP contribution in [0.15, 0.2) is 186 Å². The van der Waals surface area contributed by atoms with E-state index in [1.54, 1.807) is 11.3 Å². The summed E-state index contributed by atoms with van der Waals surface area (Å²) in [7, 11) is 0. The summed E-state index contributed by atoms with van der Waals surface area (Å²) in [5.74, 6) is 1.83. The molecule has 4 heterocycles. The van der Waals surface area contributed by atoms with E-state index in [1.165, 1.54) is 32.0 Å². The Hall–Kier alpha value is -7.41. The van der Waals surface area contributed by atoms with Gasteiger partial charge in [-0.05, 0) is 59.7 Å². The van der Waals surface area contributed by atoms with E-state index >= 15 is 0 Å². The molecule has 8 aromatic carbocycles. The fourth-order valence-electron chi connectivity index (χ4n) is 8.46. The summed E-state index contributed by atoms with van der Waals surface area (Å²) in [6.45, 7) is 0. The third-order valence-corrected chi connectivity index (χ3v) is 12.3. The minimum Gasteiger partial charge on any atom is -0.456 e. The van der Waals surface area contributed by atoms with Crippen LogP contribution < -0.4 is 0 Å². The highest BCUT2D eigenvalue weighted by atomic mass is 32.1. The summed E-state index contributed by atoms with van der Waals surface area (Å²) in [6, 6.07) is 63.8. The predicted molar refractivity (Wildman–Crippen MR) is 236 cm³/mol. The Kier molecular flexibility index (Phi) is 7.03. The lowest BCUT2D eigenvalue weighted by atomic mass is 10.0. The van der Waals surface area contributed by atoms with Crippen molar-refractivity contribution in [3.63, 3.8) is 0 Å². The van der Waals surface area contributed by atoms with Crippen molar-refractivity contribution in [1.82, 2.24) is 19.5 Å². The first-order valence-electron chi connectivity index (χ1n) is 19.0. The van der Waals surface area contributed by atoms with Gasteiger partial charge in [0, 0.05) is 64.1 Å². The number of rotatable bonds is 5. The molecule has 0 spiro atoms. The zero-order valence-electron chi connectivity index (χ0n) is 30.4. The van der Waals surface area contributed by atoms with Crippen LogP contribution in [0.4, 0.5) is 0 Å². The molecule has 0 fully saturated rings. The number of fused-ring (bicyclic) bond motifs is 9. The van der Waals surface area contributed by atoms with Crippen LogP contribution in [0.1, 0.15) is 0 Å². The van der Waals surface area contributed by atoms with Gasteiger partial charge in [-0.15, -0.1) is 11.3 Å². The van der Waals surface area contributed by atoms with Crippen molar-refractivity contribution in [2.24, 2.45) is 0 Å². The lowest BCUT2D eigenvalue weighted by Gasteiger charge is -2.13. The lowest BCUT2D eigenvalue weighted by Crippen LogP contribution is -2.01. The number of aromatic nitrogens is 4. The molecule has 12 aromatic rings. The normalized spacial score (nSPS) is 11.9. The Morgan fingerprint density at radius 1 is 0.404 bits per heavy atom. The molecule has 4 aromatic heterocycles. The quantitative estimate of drug-likeness (QED) is 0.176. The number of hydrogen-bond acceptors (Lipinski definition) is 5. The molecule has 57 heavy (non-hydrogen) atoms. The molecule has 0 amide bonds. The topological polar surface area (TPSA) is 56.7 Å². The highest BCUT2D eigenvalue weighted by Gasteiger charge is 2.22. The average molecular weight is 747 g/mol. The number of hydrogen-bond donors (Lipinski definition) is 0. The van der Waals surface area contributed by atoms with Crippen LogP contribution in [0.2, 0.25) is 0 Å². The summed E-state index contributed by atoms with van der Waals surface area (Å²) >= 11 is 1.78. The van der Waals surface area contributed by atoms with Crippen molar-refractivity contribution in [3.8, 4) is 51.0 Å². The lowest BCUT2D eigenvalue weighted by molar-refractivity contribution is 0.669. The third kappa shape index (κ3) is 5.04. The molecule has 0 aliphatic heterocycles. The summed E-state index contributed by atoms with van der Waals surface area (Å²) in [4.78, 5) is 15.9. The van der Waals surface area contributed by atoms with Crippen molar-refractivity contribution in [3.05, 3.63) is 182 Å². The van der Waals surface area contributed by atoms with Crippen LogP contribution in [0, 0.1) is 0 Å². The molecule has 6 heteroatoms. The smallest absolute Gasteiger partial charge is 0.165 e. The molecule has 0 aliphatic rings. The van der Waals surface area contributed by atoms with Crippen LogP contribution in [-0.2, 0) is 0 Å². The maximum absolute atomic E-state index is 6.33. The Morgan fingerprint density at radius 2 is 1.02 bits per heavy atom. The molecule has 0 radical (unpaired) electrons. The molecule has 0 aliphatic carbocycles. The molecule has 0 N–H and O–H groups in total. The van der Waals surface area contributed by atoms with Crippen molar-refractivity contribution >= 4 is 75.3 Å². The third-order valence-electron chi connectivity index (χ3n) is 11.1. The number of benzene rings is 8. The first-order valence-corrected chi connectivity index (χ1v) is 19.8. The van der Waals surface area contributed by atoms with E-state index in [2.05, 4.69) is 138 Å². The number of thiophene rings is 1. The van der Waals surface area contributed by atoms with E-state index in [-0.39, 0.29) is 0 Å². The predicted octanol–water partition coefficient (Wildman–Crippen LogP) is 13.9. The van der Waals surface area contributed by atoms with Crippen LogP contribution in [0.3, 0.4) is 0 Å². The first-order chi connectivity index (χ1) is 28.2. The van der Waals surface area contributed by atoms with Gasteiger partial charge in [0.25, 0.3) is 0 Å². The Morgan fingerprint density at radius 3 is 1.77 bits per heavy atom. The van der Waals surface area contributed by atoms with E-state index in [9.17, 15) is 0 Å². The summed E-state index contributed by atoms with van der Waals surface area (Å²) in [5, 5.41) is 6.81. The van der Waals surface area contributed by atoms with Gasteiger partial charge in [0.05, 0.1) is 11.0 Å². The van der Waals surface area contributed by atoms with Crippen molar-refractivity contribution in [2.75, 3.05) is 0 Å². The standard InChI is InChI=1S/C51H30N4OS/c1-3-14-31(15-4-1)33-26-27-46-39(28-33)40-29-34(55-42-22-10-7-18-35(42)36-19-8-11-23-43(36)55)30-41(48(40)57-46)51-53-49(32-16-5-2-6-17-32)52-50(54-51)38-21-13-25-45-47(38)37-20-9-12-24-44(37)56-45/h1-30H. The van der Waals surface area contributed by atoms with Gasteiger partial charge in [-0.3, -0.25) is 0 Å². The van der Waals surface area contributed by atoms with Gasteiger partial charge in [0.2, 0.25) is 0 Å². The number of nitrogens with zero attached hydrogens (tertiary/aromatic N) is 4. The minimum absolute atomic E-state index is 0.596. The number of para-hydroxylation sites is 3. The maximum atomic E-state index is 6.33. The second-order valence-corrected chi connectivity index (χ2v) is 15.4. The average Bonchev–Trinajstić information content (AvgIpc) is 3.96. The van der Waals surface area contributed by atoms with Gasteiger partial charge in [-0.1, -0.05) is 133 Å². The Labute approximate surface area is 330 Å². The van der Waals surface area contributed by atoms with Gasteiger partial charge in [0.1, 0.15) is 11.2 Å². The van der Waals surface area contributed by atoms with Gasteiger partial charge in [-0.2, -0.15) is 0 Å². The monoisotopic (exact) mass is 746 g/mol. The fourth-order valence-corrected chi connectivity index (χ4v) is 9.64. The van der Waals surface area contributed by atoms with E-state index in [1.807, 2.05) is 48.5 Å². The maximum Gasteiger partial charge on any atom is 0.165 e. The van der Waals surface area contributed by atoms with E-state index in [0.29, 0.717) is 17.5 Å². The molecule has 266 valence electrons. The van der Waals surface area contributed by atoms with Crippen LogP contribution in [0.5, 0.6) is 0 Å². The van der Waals surface area contributed by atoms with Gasteiger partial charge in [-0.25, -0.2) is 15.0 Å². The van der Waals surface area contributed by atoms with Crippen molar-refractivity contribution in [2.45, 2.75) is 0 Å². The summed E-state index contributed by atoms with van der Waals surface area (Å²) in [5.41, 5.74) is 10.1. The molecule has 0 unspecified atom stereocenters. The second-order valence-electron chi connectivity index (χ2n) is 14.4. The van der Waals surface area contributed by atoms with Crippen LogP contribution in [-0.4, -0.2) is 19.5 Å². The molecule has 12 rings (SSSR count). The molecular weight excluding hydrogens is 717 g/mol.